The van der Waals surface area contributed by atoms with Gasteiger partial charge in [-0.1, -0.05) is 41.9 Å². The van der Waals surface area contributed by atoms with Crippen LogP contribution in [0.25, 0.3) is 0 Å². The molecule has 3 aromatic carbocycles. The molecule has 9 heteroatoms. The molecule has 38 heavy (non-hydrogen) atoms. The van der Waals surface area contributed by atoms with Crippen LogP contribution in [0.3, 0.4) is 0 Å². The highest BCUT2D eigenvalue weighted by atomic mass is 35.5. The van der Waals surface area contributed by atoms with Crippen molar-refractivity contribution in [2.75, 3.05) is 6.54 Å². The van der Waals surface area contributed by atoms with Crippen LogP contribution in [0.4, 0.5) is 4.39 Å². The van der Waals surface area contributed by atoms with Crippen molar-refractivity contribution in [1.29, 1.82) is 5.26 Å². The van der Waals surface area contributed by atoms with E-state index in [1.807, 2.05) is 39.8 Å². The highest BCUT2D eigenvalue weighted by molar-refractivity contribution is 6.30. The second kappa shape index (κ2) is 11.1. The average Bonchev–Trinajstić information content (AvgIpc) is 3.49. The van der Waals surface area contributed by atoms with Crippen molar-refractivity contribution in [1.82, 2.24) is 19.8 Å². The molecule has 0 bridgehead atoms. The molecule has 0 saturated carbocycles. The Labute approximate surface area is 224 Å². The number of hydrogen-bond acceptors (Lipinski definition) is 5. The Morgan fingerprint density at radius 1 is 1.16 bits per heavy atom. The summed E-state index contributed by atoms with van der Waals surface area (Å²) < 4.78 is 15.9. The number of phenols is 1. The first kappa shape index (κ1) is 25.5. The van der Waals surface area contributed by atoms with Gasteiger partial charge in [0, 0.05) is 30.9 Å². The van der Waals surface area contributed by atoms with Gasteiger partial charge in [-0.3, -0.25) is 4.79 Å². The number of benzene rings is 3. The Hall–Kier alpha value is -4.19. The van der Waals surface area contributed by atoms with Crippen LogP contribution in [0.1, 0.15) is 40.4 Å². The third-order valence-corrected chi connectivity index (χ3v) is 6.97. The fourth-order valence-electron chi connectivity index (χ4n) is 4.88. The lowest BCUT2D eigenvalue weighted by molar-refractivity contribution is -0.130. The Bertz CT molecular complexity index is 1470. The van der Waals surface area contributed by atoms with Gasteiger partial charge >= 0.3 is 0 Å². The van der Waals surface area contributed by atoms with E-state index in [4.69, 9.17) is 16.9 Å². The maximum atomic E-state index is 14.0. The van der Waals surface area contributed by atoms with E-state index in [0.29, 0.717) is 36.6 Å². The quantitative estimate of drug-likeness (QED) is 0.342. The number of halogens is 2. The van der Waals surface area contributed by atoms with E-state index < -0.39 is 17.9 Å². The average molecular weight is 530 g/mol. The first-order valence-electron chi connectivity index (χ1n) is 12.2. The normalized spacial score (nSPS) is 16.0. The number of aromatic nitrogens is 2. The summed E-state index contributed by atoms with van der Waals surface area (Å²) in [6, 6.07) is 19.9. The zero-order valence-corrected chi connectivity index (χ0v) is 21.1. The number of nitrogens with zero attached hydrogens (tertiary/aromatic N) is 4. The first-order chi connectivity index (χ1) is 18.4. The smallest absolute Gasteiger partial charge is 0.240 e. The Morgan fingerprint density at radius 2 is 1.95 bits per heavy atom. The highest BCUT2D eigenvalue weighted by Crippen LogP contribution is 2.34. The summed E-state index contributed by atoms with van der Waals surface area (Å²) in [7, 11) is 0. The molecule has 192 valence electrons. The molecule has 1 aliphatic heterocycles. The van der Waals surface area contributed by atoms with Crippen molar-refractivity contribution in [2.24, 2.45) is 0 Å². The van der Waals surface area contributed by atoms with Crippen LogP contribution in [-0.4, -0.2) is 38.1 Å². The van der Waals surface area contributed by atoms with E-state index in [0.717, 1.165) is 16.8 Å². The number of aromatic hydroxyl groups is 1. The summed E-state index contributed by atoms with van der Waals surface area (Å²) in [4.78, 5) is 19.6. The highest BCUT2D eigenvalue weighted by Gasteiger charge is 2.37. The summed E-state index contributed by atoms with van der Waals surface area (Å²) in [5.74, 6) is -0.466. The molecule has 1 aliphatic rings. The molecular weight excluding hydrogens is 505 g/mol. The Balaban J connectivity index is 1.31. The maximum Gasteiger partial charge on any atom is 0.240 e. The SMILES string of the molecule is N#Cc1ccc(Cn2cncc2CN[C@@H]2CCN(C(c3cccc(O)c3)c3cccc(Cl)c3)C2=O)cc1F. The molecule has 1 amide bonds. The van der Waals surface area contributed by atoms with Crippen molar-refractivity contribution in [2.45, 2.75) is 31.6 Å². The number of phenolic OH excluding ortho intramolecular Hbond substituents is 1. The number of nitriles is 1. The van der Waals surface area contributed by atoms with Crippen LogP contribution in [0.2, 0.25) is 5.02 Å². The molecule has 0 radical (unpaired) electrons. The van der Waals surface area contributed by atoms with Crippen LogP contribution in [0.15, 0.2) is 79.3 Å². The molecule has 2 atom stereocenters. The lowest BCUT2D eigenvalue weighted by Gasteiger charge is -2.29. The number of rotatable bonds is 8. The van der Waals surface area contributed by atoms with E-state index in [1.165, 1.54) is 12.1 Å². The fourth-order valence-corrected chi connectivity index (χ4v) is 5.08. The summed E-state index contributed by atoms with van der Waals surface area (Å²) >= 11 is 6.27. The lowest BCUT2D eigenvalue weighted by Crippen LogP contribution is -2.40. The Morgan fingerprint density at radius 3 is 2.68 bits per heavy atom. The van der Waals surface area contributed by atoms with Crippen LogP contribution in [-0.2, 0) is 17.9 Å². The third-order valence-electron chi connectivity index (χ3n) is 6.74. The minimum absolute atomic E-state index is 0.00682. The number of likely N-dealkylation sites (tertiary alicyclic amines) is 1. The molecule has 2 heterocycles. The predicted molar refractivity (Wildman–Crippen MR) is 141 cm³/mol. The minimum atomic E-state index is -0.553. The van der Waals surface area contributed by atoms with Crippen LogP contribution >= 0.6 is 11.6 Å². The summed E-state index contributed by atoms with van der Waals surface area (Å²) in [5, 5.41) is 23.0. The molecule has 7 nitrogen and oxygen atoms in total. The van der Waals surface area contributed by atoms with E-state index in [9.17, 15) is 14.3 Å². The molecule has 5 rings (SSSR count). The van der Waals surface area contributed by atoms with Gasteiger partial charge in [0.15, 0.2) is 0 Å². The van der Waals surface area contributed by atoms with Gasteiger partial charge in [0.1, 0.15) is 17.6 Å². The second-order valence-electron chi connectivity index (χ2n) is 9.25. The van der Waals surface area contributed by atoms with E-state index >= 15 is 0 Å². The van der Waals surface area contributed by atoms with Crippen LogP contribution in [0.5, 0.6) is 5.75 Å². The van der Waals surface area contributed by atoms with Crippen molar-refractivity contribution >= 4 is 17.5 Å². The Kier molecular flexibility index (Phi) is 7.40. The molecule has 1 aromatic heterocycles. The number of carbonyl (C=O) groups excluding carboxylic acids is 1. The number of hydrogen-bond donors (Lipinski definition) is 2. The number of nitrogens with one attached hydrogen (secondary N) is 1. The largest absolute Gasteiger partial charge is 0.508 e. The standard InChI is InChI=1S/C29H25ClFN5O2/c30-23-5-1-3-20(12-23)28(21-4-2-6-25(37)13-21)36-10-9-27(29(36)38)34-16-24-15-33-18-35(24)17-19-7-8-22(14-32)26(31)11-19/h1-8,11-13,15,18,27-28,34,37H,9-10,16-17H2/t27-,28?/m1/s1. The molecule has 2 N–H and O–H groups in total. The third kappa shape index (κ3) is 5.40. The predicted octanol–water partition coefficient (Wildman–Crippen LogP) is 4.78. The first-order valence-corrected chi connectivity index (χ1v) is 12.6. The van der Waals surface area contributed by atoms with Gasteiger partial charge in [0.2, 0.25) is 5.91 Å². The van der Waals surface area contributed by atoms with Gasteiger partial charge in [-0.2, -0.15) is 5.26 Å². The topological polar surface area (TPSA) is 94.2 Å². The van der Waals surface area contributed by atoms with E-state index in [1.54, 1.807) is 42.9 Å². The van der Waals surface area contributed by atoms with Gasteiger partial charge in [-0.25, -0.2) is 9.37 Å². The van der Waals surface area contributed by atoms with Gasteiger partial charge in [0.05, 0.1) is 29.7 Å². The molecule has 0 spiro atoms. The summed E-state index contributed by atoms with van der Waals surface area (Å²) in [6.07, 6.45) is 3.99. The number of imidazole rings is 1. The maximum absolute atomic E-state index is 14.0. The molecular formula is C29H25ClFN5O2. The summed E-state index contributed by atoms with van der Waals surface area (Å²) in [5.41, 5.74) is 3.23. The molecule has 1 unspecified atom stereocenters. The minimum Gasteiger partial charge on any atom is -0.508 e. The van der Waals surface area contributed by atoms with E-state index in [2.05, 4.69) is 10.3 Å². The molecule has 1 fully saturated rings. The van der Waals surface area contributed by atoms with Crippen molar-refractivity contribution in [3.8, 4) is 11.8 Å². The van der Waals surface area contributed by atoms with Crippen molar-refractivity contribution < 1.29 is 14.3 Å². The van der Waals surface area contributed by atoms with Crippen LogP contribution in [0, 0.1) is 17.1 Å². The van der Waals surface area contributed by atoms with Crippen LogP contribution < -0.4 is 5.32 Å². The lowest BCUT2D eigenvalue weighted by atomic mass is 9.97. The summed E-state index contributed by atoms with van der Waals surface area (Å²) in [6.45, 7) is 1.32. The van der Waals surface area contributed by atoms with Gasteiger partial charge in [-0.05, 0) is 59.5 Å². The second-order valence-corrected chi connectivity index (χ2v) is 9.68. The van der Waals surface area contributed by atoms with Gasteiger partial charge in [0.25, 0.3) is 0 Å². The molecule has 4 aromatic rings. The van der Waals surface area contributed by atoms with Crippen molar-refractivity contribution in [3.05, 3.63) is 118 Å². The van der Waals surface area contributed by atoms with Gasteiger partial charge in [-0.15, -0.1) is 0 Å². The zero-order chi connectivity index (χ0) is 26.6. The number of amides is 1. The fraction of sp³-hybridized carbons (Fsp3) is 0.207. The molecule has 1 saturated heterocycles. The zero-order valence-electron chi connectivity index (χ0n) is 20.4. The van der Waals surface area contributed by atoms with Gasteiger partial charge < -0.3 is 19.9 Å². The monoisotopic (exact) mass is 529 g/mol. The molecule has 0 aliphatic carbocycles. The van der Waals surface area contributed by atoms with Crippen molar-refractivity contribution in [3.63, 3.8) is 0 Å². The van der Waals surface area contributed by atoms with E-state index in [-0.39, 0.29) is 17.2 Å². The number of carbonyl (C=O) groups is 1.